The Labute approximate surface area is 235 Å². The van der Waals surface area contributed by atoms with Crippen LogP contribution in [0.5, 0.6) is 23.0 Å². The number of benzene rings is 2. The number of Topliss-reactive ketones (excluding diaryl/α,β-unsaturated/α-hetero) is 4. The molecule has 214 valence electrons. The van der Waals surface area contributed by atoms with Crippen LogP contribution in [0, 0.1) is 24.2 Å². The lowest BCUT2D eigenvalue weighted by molar-refractivity contribution is -0.123. The molecular weight excluding hydrogens is 552 g/mol. The Balaban J connectivity index is 1.62. The Morgan fingerprint density at radius 3 is 2.14 bits per heavy atom. The van der Waals surface area contributed by atoms with Crippen LogP contribution >= 0.6 is 0 Å². The largest absolute Gasteiger partial charge is 0.507 e. The normalized spacial score (nSPS) is 30.9. The molecule has 0 aliphatic heterocycles. The SMILES string of the molecule is CC1=CC(=O)c2c(O)c3c(c(O)c2C1=O)[C@H]1[C@H](O)[C@@H](C3=O)[C@@]23C(=O)c4c(O)c(C)cc(O)c4C(O)=C2C(=O)C[C@H](O)[C@@H]13. The molecule has 12 heteroatoms. The van der Waals surface area contributed by atoms with Gasteiger partial charge in [-0.3, -0.25) is 24.0 Å². The number of phenolic OH excluding ortho intramolecular Hbond substituents is 4. The molecule has 5 aliphatic carbocycles. The van der Waals surface area contributed by atoms with Gasteiger partial charge >= 0.3 is 0 Å². The summed E-state index contributed by atoms with van der Waals surface area (Å²) in [5.74, 6) is -14.3. The lowest BCUT2D eigenvalue weighted by Gasteiger charge is -2.47. The maximum absolute atomic E-state index is 14.6. The van der Waals surface area contributed by atoms with Crippen LogP contribution in [-0.2, 0) is 4.79 Å². The van der Waals surface area contributed by atoms with Crippen molar-refractivity contribution in [3.63, 3.8) is 0 Å². The number of carbonyl (C=O) groups is 5. The fraction of sp³-hybridized carbons (Fsp3) is 0.300. The number of ketones is 5. The molecule has 42 heavy (non-hydrogen) atoms. The Kier molecular flexibility index (Phi) is 4.80. The van der Waals surface area contributed by atoms with Crippen molar-refractivity contribution in [2.75, 3.05) is 0 Å². The molecule has 2 aromatic carbocycles. The van der Waals surface area contributed by atoms with Gasteiger partial charge in [0.2, 0.25) is 0 Å². The van der Waals surface area contributed by atoms with Crippen LogP contribution in [0.3, 0.4) is 0 Å². The van der Waals surface area contributed by atoms with E-state index in [4.69, 9.17) is 0 Å². The van der Waals surface area contributed by atoms with Crippen molar-refractivity contribution in [1.29, 1.82) is 0 Å². The molecule has 2 bridgehead atoms. The number of fused-ring (bicyclic) bond motifs is 7. The van der Waals surface area contributed by atoms with Crippen molar-refractivity contribution >= 4 is 34.7 Å². The van der Waals surface area contributed by atoms with Gasteiger partial charge in [0.1, 0.15) is 28.8 Å². The second-order valence-corrected chi connectivity index (χ2v) is 11.6. The van der Waals surface area contributed by atoms with E-state index in [1.165, 1.54) is 13.8 Å². The van der Waals surface area contributed by atoms with Crippen molar-refractivity contribution < 1.29 is 59.7 Å². The van der Waals surface area contributed by atoms with Crippen molar-refractivity contribution in [3.8, 4) is 23.0 Å². The molecule has 0 unspecified atom stereocenters. The molecule has 7 rings (SSSR count). The van der Waals surface area contributed by atoms with Gasteiger partial charge in [0.25, 0.3) is 0 Å². The summed E-state index contributed by atoms with van der Waals surface area (Å²) in [6.07, 6.45) is -3.42. The predicted octanol–water partition coefficient (Wildman–Crippen LogP) is 1.52. The Morgan fingerprint density at radius 1 is 0.810 bits per heavy atom. The molecule has 0 amide bonds. The molecule has 0 aromatic heterocycles. The van der Waals surface area contributed by atoms with E-state index < -0.39 is 138 Å². The van der Waals surface area contributed by atoms with E-state index in [1.54, 1.807) is 0 Å². The highest BCUT2D eigenvalue weighted by Gasteiger charge is 2.76. The monoisotopic (exact) mass is 574 g/mol. The molecule has 6 atom stereocenters. The number of phenols is 4. The lowest BCUT2D eigenvalue weighted by atomic mass is 9.53. The van der Waals surface area contributed by atoms with E-state index in [2.05, 4.69) is 0 Å². The second kappa shape index (κ2) is 7.72. The summed E-state index contributed by atoms with van der Waals surface area (Å²) in [5.41, 5.74) is -6.89. The fourth-order valence-electron chi connectivity index (χ4n) is 8.19. The maximum Gasteiger partial charge on any atom is 0.193 e. The predicted molar refractivity (Wildman–Crippen MR) is 139 cm³/mol. The molecule has 2 aromatic rings. The summed E-state index contributed by atoms with van der Waals surface area (Å²) in [5, 5.41) is 78.7. The molecular formula is C30H22O12. The third-order valence-corrected chi connectivity index (χ3v) is 9.69. The van der Waals surface area contributed by atoms with E-state index >= 15 is 0 Å². The summed E-state index contributed by atoms with van der Waals surface area (Å²) in [6.45, 7) is 2.65. The Morgan fingerprint density at radius 2 is 1.48 bits per heavy atom. The number of allylic oxidation sites excluding steroid dienone is 3. The Hall–Kier alpha value is -4.81. The summed E-state index contributed by atoms with van der Waals surface area (Å²) in [7, 11) is 0. The van der Waals surface area contributed by atoms with Gasteiger partial charge in [-0.25, -0.2) is 0 Å². The van der Waals surface area contributed by atoms with Gasteiger partial charge < -0.3 is 35.7 Å². The van der Waals surface area contributed by atoms with Gasteiger partial charge in [0.15, 0.2) is 28.9 Å². The van der Waals surface area contributed by atoms with E-state index in [0.717, 1.165) is 12.1 Å². The van der Waals surface area contributed by atoms with Crippen molar-refractivity contribution in [3.05, 3.63) is 62.2 Å². The highest BCUT2D eigenvalue weighted by atomic mass is 16.3. The van der Waals surface area contributed by atoms with E-state index in [0.29, 0.717) is 0 Å². The first-order chi connectivity index (χ1) is 19.7. The Bertz CT molecular complexity index is 1880. The van der Waals surface area contributed by atoms with Crippen LogP contribution in [0.4, 0.5) is 0 Å². The average molecular weight is 574 g/mol. The first-order valence-electron chi connectivity index (χ1n) is 13.1. The standard InChI is InChI=1S/C30H22O12/c1-6-3-8(31)12-16(22(6)35)25(38)14-15-19-10(33)5-11(34)20-26(39)13-9(32)4-7(2)23(36)18(13)29(42)30(19,20)21(27(15)40)28(41)17(14)24(12)37/h3-4,10,15,19,21,27,32-33,36-40H,5H2,1-2H3/t10-,15+,19-,21-,27-,30-/m0/s1. The zero-order valence-corrected chi connectivity index (χ0v) is 21.9. The van der Waals surface area contributed by atoms with Gasteiger partial charge in [0, 0.05) is 29.4 Å². The number of aromatic hydroxyl groups is 4. The smallest absolute Gasteiger partial charge is 0.193 e. The van der Waals surface area contributed by atoms with Crippen LogP contribution in [0.1, 0.15) is 77.4 Å². The van der Waals surface area contributed by atoms with E-state index in [-0.39, 0.29) is 11.1 Å². The second-order valence-electron chi connectivity index (χ2n) is 11.6. The molecule has 0 saturated heterocycles. The first-order valence-corrected chi connectivity index (χ1v) is 13.1. The van der Waals surface area contributed by atoms with Gasteiger partial charge in [-0.1, -0.05) is 0 Å². The number of carbonyl (C=O) groups excluding carboxylic acids is 5. The minimum atomic E-state index is -2.52. The number of aliphatic hydroxyl groups excluding tert-OH is 3. The van der Waals surface area contributed by atoms with E-state index in [1.807, 2.05) is 0 Å². The van der Waals surface area contributed by atoms with Crippen LogP contribution in [0.15, 0.2) is 23.3 Å². The topological polar surface area (TPSA) is 227 Å². The minimum Gasteiger partial charge on any atom is -0.507 e. The summed E-state index contributed by atoms with van der Waals surface area (Å²) in [6, 6.07) is 1.06. The minimum absolute atomic E-state index is 0.00507. The van der Waals surface area contributed by atoms with Gasteiger partial charge in [-0.05, 0) is 31.6 Å². The summed E-state index contributed by atoms with van der Waals surface area (Å²) in [4.78, 5) is 68.3. The van der Waals surface area contributed by atoms with E-state index in [9.17, 15) is 59.7 Å². The molecule has 12 nitrogen and oxygen atoms in total. The highest BCUT2D eigenvalue weighted by molar-refractivity contribution is 6.29. The number of hydrogen-bond acceptors (Lipinski definition) is 12. The maximum atomic E-state index is 14.6. The summed E-state index contributed by atoms with van der Waals surface area (Å²) < 4.78 is 0. The fourth-order valence-corrected chi connectivity index (χ4v) is 8.19. The zero-order valence-electron chi connectivity index (χ0n) is 21.9. The average Bonchev–Trinajstić information content (AvgIpc) is 3.11. The van der Waals surface area contributed by atoms with Crippen LogP contribution < -0.4 is 0 Å². The van der Waals surface area contributed by atoms with Gasteiger partial charge in [-0.15, -0.1) is 0 Å². The van der Waals surface area contributed by atoms with Crippen molar-refractivity contribution in [2.45, 2.75) is 38.4 Å². The number of rotatable bonds is 0. The number of aliphatic hydroxyl groups is 3. The third-order valence-electron chi connectivity index (χ3n) is 9.69. The van der Waals surface area contributed by atoms with Crippen LogP contribution in [0.25, 0.3) is 5.76 Å². The number of hydrogen-bond donors (Lipinski definition) is 7. The molecule has 0 radical (unpaired) electrons. The lowest BCUT2D eigenvalue weighted by Crippen LogP contribution is -2.56. The summed E-state index contributed by atoms with van der Waals surface area (Å²) >= 11 is 0. The molecule has 2 fully saturated rings. The molecule has 5 aliphatic rings. The van der Waals surface area contributed by atoms with Crippen molar-refractivity contribution in [2.24, 2.45) is 17.3 Å². The van der Waals surface area contributed by atoms with Gasteiger partial charge in [0.05, 0.1) is 56.9 Å². The van der Waals surface area contributed by atoms with Crippen LogP contribution in [-0.4, -0.2) is 76.9 Å². The van der Waals surface area contributed by atoms with Crippen LogP contribution in [0.2, 0.25) is 0 Å². The van der Waals surface area contributed by atoms with Gasteiger partial charge in [-0.2, -0.15) is 0 Å². The number of aryl methyl sites for hydroxylation is 1. The molecule has 1 spiro atoms. The molecule has 2 saturated carbocycles. The first kappa shape index (κ1) is 26.1. The molecule has 0 heterocycles. The van der Waals surface area contributed by atoms with Crippen molar-refractivity contribution in [1.82, 2.24) is 0 Å². The molecule has 7 N–H and O–H groups in total. The highest BCUT2D eigenvalue weighted by Crippen LogP contribution is 2.71. The quantitative estimate of drug-likeness (QED) is 0.222. The third kappa shape index (κ3) is 2.54. The zero-order chi connectivity index (χ0) is 30.5.